The molecular formula is C13H24N2O3. The van der Waals surface area contributed by atoms with Crippen LogP contribution in [0.1, 0.15) is 52.4 Å². The number of carbonyl (C=O) groups excluding carboxylic acids is 1. The summed E-state index contributed by atoms with van der Waals surface area (Å²) in [4.78, 5) is 22.3. The van der Waals surface area contributed by atoms with E-state index in [0.717, 1.165) is 6.42 Å². The fourth-order valence-corrected chi connectivity index (χ4v) is 2.34. The first kappa shape index (κ1) is 14.8. The number of hydrogen-bond donors (Lipinski definition) is 3. The van der Waals surface area contributed by atoms with E-state index in [1.165, 1.54) is 19.3 Å². The molecule has 1 aliphatic carbocycles. The Morgan fingerprint density at radius 2 is 2.00 bits per heavy atom. The lowest BCUT2D eigenvalue weighted by molar-refractivity contribution is -0.137. The van der Waals surface area contributed by atoms with Crippen molar-refractivity contribution >= 4 is 12.0 Å². The summed E-state index contributed by atoms with van der Waals surface area (Å²) >= 11 is 0. The van der Waals surface area contributed by atoms with Crippen LogP contribution in [0.5, 0.6) is 0 Å². The molecule has 1 fully saturated rings. The molecule has 2 amide bonds. The second kappa shape index (κ2) is 6.61. The second-order valence-corrected chi connectivity index (χ2v) is 5.24. The maximum Gasteiger partial charge on any atom is 0.315 e. The van der Waals surface area contributed by atoms with Gasteiger partial charge in [0.1, 0.15) is 0 Å². The molecule has 3 N–H and O–H groups in total. The van der Waals surface area contributed by atoms with Crippen molar-refractivity contribution in [1.82, 2.24) is 10.6 Å². The van der Waals surface area contributed by atoms with Gasteiger partial charge in [0.25, 0.3) is 0 Å². The number of hydrogen-bond acceptors (Lipinski definition) is 2. The largest absolute Gasteiger partial charge is 0.481 e. The summed E-state index contributed by atoms with van der Waals surface area (Å²) in [5, 5.41) is 14.3. The van der Waals surface area contributed by atoms with Gasteiger partial charge in [-0.2, -0.15) is 0 Å². The van der Waals surface area contributed by atoms with Gasteiger partial charge in [-0.15, -0.1) is 0 Å². The van der Waals surface area contributed by atoms with Crippen molar-refractivity contribution in [2.24, 2.45) is 5.41 Å². The Morgan fingerprint density at radius 3 is 2.39 bits per heavy atom. The van der Waals surface area contributed by atoms with Crippen LogP contribution in [-0.4, -0.2) is 29.7 Å². The topological polar surface area (TPSA) is 78.4 Å². The summed E-state index contributed by atoms with van der Waals surface area (Å²) in [5.74, 6) is -0.883. The highest BCUT2D eigenvalue weighted by atomic mass is 16.4. The highest BCUT2D eigenvalue weighted by Gasteiger charge is 2.35. The van der Waals surface area contributed by atoms with Gasteiger partial charge >= 0.3 is 12.0 Å². The highest BCUT2D eigenvalue weighted by molar-refractivity contribution is 5.75. The number of aliphatic carboxylic acids is 1. The van der Waals surface area contributed by atoms with Crippen LogP contribution in [0, 0.1) is 5.41 Å². The molecule has 0 spiro atoms. The Morgan fingerprint density at radius 1 is 1.33 bits per heavy atom. The summed E-state index contributed by atoms with van der Waals surface area (Å²) in [6.45, 7) is 4.71. The van der Waals surface area contributed by atoms with E-state index in [2.05, 4.69) is 17.6 Å². The van der Waals surface area contributed by atoms with Gasteiger partial charge in [-0.05, 0) is 31.1 Å². The summed E-state index contributed by atoms with van der Waals surface area (Å²) in [6.07, 6.45) is 5.28. The molecule has 0 bridgehead atoms. The first-order valence-electron chi connectivity index (χ1n) is 6.77. The van der Waals surface area contributed by atoms with Crippen LogP contribution in [0.25, 0.3) is 0 Å². The molecule has 1 unspecified atom stereocenters. The van der Waals surface area contributed by atoms with E-state index < -0.39 is 5.97 Å². The summed E-state index contributed by atoms with van der Waals surface area (Å²) in [5.41, 5.74) is 0.284. The number of carboxylic acid groups (broad SMARTS) is 1. The minimum atomic E-state index is -0.883. The normalized spacial score (nSPS) is 18.6. The van der Waals surface area contributed by atoms with E-state index in [4.69, 9.17) is 5.11 Å². The molecule has 5 nitrogen and oxygen atoms in total. The lowest BCUT2D eigenvalue weighted by atomic mass is 9.67. The van der Waals surface area contributed by atoms with Gasteiger partial charge in [-0.25, -0.2) is 4.79 Å². The molecule has 0 aromatic carbocycles. The van der Waals surface area contributed by atoms with Gasteiger partial charge in [-0.1, -0.05) is 20.3 Å². The summed E-state index contributed by atoms with van der Waals surface area (Å²) in [7, 11) is 0. The predicted molar refractivity (Wildman–Crippen MR) is 69.4 cm³/mol. The minimum absolute atomic E-state index is 0.0250. The highest BCUT2D eigenvalue weighted by Crippen LogP contribution is 2.42. The molecule has 0 aliphatic heterocycles. The monoisotopic (exact) mass is 256 g/mol. The van der Waals surface area contributed by atoms with E-state index in [0.29, 0.717) is 13.0 Å². The van der Waals surface area contributed by atoms with Crippen LogP contribution in [0.4, 0.5) is 4.79 Å². The number of carboxylic acids is 1. The molecule has 1 rings (SSSR count). The van der Waals surface area contributed by atoms with Gasteiger partial charge in [-0.3, -0.25) is 4.79 Å². The van der Waals surface area contributed by atoms with E-state index in [9.17, 15) is 9.59 Å². The van der Waals surface area contributed by atoms with Gasteiger partial charge in [0.15, 0.2) is 0 Å². The van der Waals surface area contributed by atoms with Crippen molar-refractivity contribution in [3.63, 3.8) is 0 Å². The van der Waals surface area contributed by atoms with Crippen molar-refractivity contribution in [3.8, 4) is 0 Å². The van der Waals surface area contributed by atoms with Gasteiger partial charge in [0, 0.05) is 12.6 Å². The van der Waals surface area contributed by atoms with Crippen LogP contribution in [-0.2, 0) is 4.79 Å². The third-order valence-electron chi connectivity index (χ3n) is 4.04. The molecule has 104 valence electrons. The lowest BCUT2D eigenvalue weighted by Crippen LogP contribution is -2.48. The molecule has 0 aromatic rings. The zero-order valence-electron chi connectivity index (χ0n) is 11.3. The van der Waals surface area contributed by atoms with Crippen molar-refractivity contribution in [2.45, 2.75) is 58.4 Å². The SMILES string of the molecule is CCC(CC(=O)O)NC(=O)NCC1(CC)CCC1. The van der Waals surface area contributed by atoms with E-state index in [1.807, 2.05) is 6.92 Å². The fourth-order valence-electron chi connectivity index (χ4n) is 2.34. The molecule has 1 atom stereocenters. The second-order valence-electron chi connectivity index (χ2n) is 5.24. The average Bonchev–Trinajstić information content (AvgIpc) is 2.26. The Hall–Kier alpha value is -1.26. The maximum absolute atomic E-state index is 11.7. The molecular weight excluding hydrogens is 232 g/mol. The fraction of sp³-hybridized carbons (Fsp3) is 0.846. The van der Waals surface area contributed by atoms with E-state index >= 15 is 0 Å². The molecule has 1 saturated carbocycles. The van der Waals surface area contributed by atoms with Crippen LogP contribution >= 0.6 is 0 Å². The van der Waals surface area contributed by atoms with Crippen molar-refractivity contribution < 1.29 is 14.7 Å². The number of nitrogens with one attached hydrogen (secondary N) is 2. The standard InChI is InChI=1S/C13H24N2O3/c1-3-10(8-11(16)17)15-12(18)14-9-13(4-2)6-5-7-13/h10H,3-9H2,1-2H3,(H,16,17)(H2,14,15,18). The predicted octanol–water partition coefficient (Wildman–Crippen LogP) is 2.12. The molecule has 0 heterocycles. The quantitative estimate of drug-likeness (QED) is 0.653. The van der Waals surface area contributed by atoms with Crippen molar-refractivity contribution in [1.29, 1.82) is 0 Å². The third-order valence-corrected chi connectivity index (χ3v) is 4.04. The zero-order valence-corrected chi connectivity index (χ0v) is 11.3. The maximum atomic E-state index is 11.7. The Labute approximate surface area is 108 Å². The van der Waals surface area contributed by atoms with Gasteiger partial charge in [0.05, 0.1) is 6.42 Å². The van der Waals surface area contributed by atoms with Crippen molar-refractivity contribution in [2.75, 3.05) is 6.54 Å². The van der Waals surface area contributed by atoms with Crippen LogP contribution in [0.2, 0.25) is 0 Å². The molecule has 1 aliphatic rings. The van der Waals surface area contributed by atoms with Gasteiger partial charge < -0.3 is 15.7 Å². The number of rotatable bonds is 7. The summed E-state index contributed by atoms with van der Waals surface area (Å²) in [6, 6.07) is -0.538. The van der Waals surface area contributed by atoms with Crippen LogP contribution < -0.4 is 10.6 Å². The van der Waals surface area contributed by atoms with Crippen LogP contribution in [0.3, 0.4) is 0 Å². The smallest absolute Gasteiger partial charge is 0.315 e. The van der Waals surface area contributed by atoms with Crippen molar-refractivity contribution in [3.05, 3.63) is 0 Å². The average molecular weight is 256 g/mol. The summed E-state index contributed by atoms with van der Waals surface area (Å²) < 4.78 is 0. The first-order valence-corrected chi connectivity index (χ1v) is 6.77. The molecule has 0 aromatic heterocycles. The van der Waals surface area contributed by atoms with Crippen LogP contribution in [0.15, 0.2) is 0 Å². The number of urea groups is 1. The Balaban J connectivity index is 2.29. The Kier molecular flexibility index (Phi) is 5.44. The zero-order chi connectivity index (χ0) is 13.6. The van der Waals surface area contributed by atoms with Gasteiger partial charge in [0.2, 0.25) is 0 Å². The van der Waals surface area contributed by atoms with E-state index in [1.54, 1.807) is 0 Å². The molecule has 18 heavy (non-hydrogen) atoms. The lowest BCUT2D eigenvalue weighted by Gasteiger charge is -2.41. The number of amides is 2. The van der Waals surface area contributed by atoms with E-state index in [-0.39, 0.29) is 23.9 Å². The molecule has 0 saturated heterocycles. The molecule has 5 heteroatoms. The third kappa shape index (κ3) is 4.20. The first-order chi connectivity index (χ1) is 8.51. The Bertz CT molecular complexity index is 295. The number of carbonyl (C=O) groups is 2. The minimum Gasteiger partial charge on any atom is -0.481 e. The molecule has 0 radical (unpaired) electrons.